The van der Waals surface area contributed by atoms with Crippen LogP contribution in [0.4, 0.5) is 24.5 Å². The Balaban J connectivity index is 2.18. The van der Waals surface area contributed by atoms with Crippen molar-refractivity contribution >= 4 is 45.1 Å². The molecule has 0 spiro atoms. The third kappa shape index (κ3) is 6.65. The zero-order valence-electron chi connectivity index (χ0n) is 15.6. The van der Waals surface area contributed by atoms with Crippen molar-refractivity contribution < 1.29 is 31.3 Å². The average Bonchev–Trinajstić information content (AvgIpc) is 2.65. The molecule has 0 heterocycles. The Bertz CT molecular complexity index is 1120. The van der Waals surface area contributed by atoms with Gasteiger partial charge in [0.15, 0.2) is 0 Å². The maximum atomic E-state index is 13.0. The minimum absolute atomic E-state index is 0.150. The summed E-state index contributed by atoms with van der Waals surface area (Å²) in [4.78, 5) is 22.1. The fraction of sp³-hybridized carbons (Fsp3) is 0.176. The Hall–Kier alpha value is -3.19. The van der Waals surface area contributed by atoms with Crippen LogP contribution >= 0.6 is 11.6 Å². The van der Waals surface area contributed by atoms with E-state index in [9.17, 15) is 36.5 Å². The molecule has 14 heteroatoms. The molecule has 0 unspecified atom stereocenters. The van der Waals surface area contributed by atoms with Crippen LogP contribution < -0.4 is 9.73 Å². The molecule has 0 aliphatic heterocycles. The second kappa shape index (κ2) is 9.31. The van der Waals surface area contributed by atoms with Gasteiger partial charge < -0.3 is 0 Å². The van der Waals surface area contributed by atoms with Crippen molar-refractivity contribution in [3.63, 3.8) is 0 Å². The number of nitro benzene ring substituents is 1. The number of nitrogens with zero attached hydrogens (tertiary/aromatic N) is 3. The van der Waals surface area contributed by atoms with E-state index in [4.69, 9.17) is 11.6 Å². The SMILES string of the molecule is CS(=O)(=O)N(CC(=O)N/N=C\c1ccc([N+](=O)[O-])cc1)c1cc(C(F)(F)F)ccc1Cl. The first-order valence-corrected chi connectivity index (χ1v) is 10.4. The van der Waals surface area contributed by atoms with E-state index < -0.39 is 44.8 Å². The molecule has 2 rings (SSSR count). The van der Waals surface area contributed by atoms with E-state index in [1.807, 2.05) is 5.43 Å². The number of hydrogen-bond donors (Lipinski definition) is 1. The molecule has 0 fully saturated rings. The van der Waals surface area contributed by atoms with Crippen molar-refractivity contribution in [1.82, 2.24) is 5.43 Å². The van der Waals surface area contributed by atoms with Crippen molar-refractivity contribution in [1.29, 1.82) is 0 Å². The maximum absolute atomic E-state index is 13.0. The summed E-state index contributed by atoms with van der Waals surface area (Å²) in [5, 5.41) is 13.9. The predicted octanol–water partition coefficient (Wildman–Crippen LogP) is 3.18. The van der Waals surface area contributed by atoms with E-state index in [0.717, 1.165) is 12.3 Å². The summed E-state index contributed by atoms with van der Waals surface area (Å²) in [6, 6.07) is 7.23. The largest absolute Gasteiger partial charge is 0.416 e. The molecular formula is C17H14ClF3N4O5S. The van der Waals surface area contributed by atoms with Crippen molar-refractivity contribution in [2.24, 2.45) is 5.10 Å². The smallest absolute Gasteiger partial charge is 0.271 e. The Labute approximate surface area is 179 Å². The lowest BCUT2D eigenvalue weighted by atomic mass is 10.2. The number of hydrazone groups is 1. The number of nitro groups is 1. The maximum Gasteiger partial charge on any atom is 0.416 e. The fourth-order valence-electron chi connectivity index (χ4n) is 2.29. The van der Waals surface area contributed by atoms with Gasteiger partial charge in [0.1, 0.15) is 6.54 Å². The summed E-state index contributed by atoms with van der Waals surface area (Å²) in [5.41, 5.74) is 0.614. The van der Waals surface area contributed by atoms with E-state index in [0.29, 0.717) is 28.3 Å². The van der Waals surface area contributed by atoms with Crippen LogP contribution in [0.15, 0.2) is 47.6 Å². The number of amides is 1. The first kappa shape index (κ1) is 24.1. The molecule has 0 radical (unpaired) electrons. The van der Waals surface area contributed by atoms with E-state index >= 15 is 0 Å². The molecular weight excluding hydrogens is 465 g/mol. The minimum Gasteiger partial charge on any atom is -0.271 e. The Morgan fingerprint density at radius 2 is 1.87 bits per heavy atom. The Morgan fingerprint density at radius 3 is 2.39 bits per heavy atom. The summed E-state index contributed by atoms with van der Waals surface area (Å²) >= 11 is 5.87. The van der Waals surface area contributed by atoms with Gasteiger partial charge in [-0.1, -0.05) is 11.6 Å². The van der Waals surface area contributed by atoms with Gasteiger partial charge in [-0.15, -0.1) is 0 Å². The van der Waals surface area contributed by atoms with Gasteiger partial charge in [0, 0.05) is 12.1 Å². The number of anilines is 1. The Kier molecular flexibility index (Phi) is 7.23. The number of alkyl halides is 3. The third-order valence-electron chi connectivity index (χ3n) is 3.74. The van der Waals surface area contributed by atoms with Gasteiger partial charge in [-0.05, 0) is 35.9 Å². The zero-order chi connectivity index (χ0) is 23.4. The second-order valence-corrected chi connectivity index (χ2v) is 8.39. The first-order valence-electron chi connectivity index (χ1n) is 8.20. The molecule has 0 saturated heterocycles. The van der Waals surface area contributed by atoms with Crippen LogP contribution in [0, 0.1) is 10.1 Å². The first-order chi connectivity index (χ1) is 14.3. The topological polar surface area (TPSA) is 122 Å². The molecule has 31 heavy (non-hydrogen) atoms. The molecule has 9 nitrogen and oxygen atoms in total. The van der Waals surface area contributed by atoms with Crippen molar-refractivity contribution in [2.75, 3.05) is 17.1 Å². The lowest BCUT2D eigenvalue weighted by molar-refractivity contribution is -0.384. The third-order valence-corrected chi connectivity index (χ3v) is 5.18. The van der Waals surface area contributed by atoms with Crippen molar-refractivity contribution in [2.45, 2.75) is 6.18 Å². The van der Waals surface area contributed by atoms with Gasteiger partial charge in [-0.2, -0.15) is 18.3 Å². The standard InChI is InChI=1S/C17H14ClF3N4O5S/c1-31(29,30)24(15-8-12(17(19,20)21)4-7-14(15)18)10-16(26)23-22-9-11-2-5-13(6-3-11)25(27)28/h2-9H,10H2,1H3,(H,23,26)/b22-9-. The normalized spacial score (nSPS) is 12.0. The highest BCUT2D eigenvalue weighted by atomic mass is 35.5. The molecule has 0 atom stereocenters. The predicted molar refractivity (Wildman–Crippen MR) is 107 cm³/mol. The van der Waals surface area contributed by atoms with Crippen molar-refractivity contribution in [3.05, 3.63) is 68.7 Å². The van der Waals surface area contributed by atoms with Gasteiger partial charge >= 0.3 is 6.18 Å². The number of non-ortho nitro benzene ring substituents is 1. The molecule has 0 aromatic heterocycles. The fourth-order valence-corrected chi connectivity index (χ4v) is 3.42. The molecule has 0 aliphatic rings. The number of sulfonamides is 1. The zero-order valence-corrected chi connectivity index (χ0v) is 17.2. The highest BCUT2D eigenvalue weighted by Gasteiger charge is 2.33. The van der Waals surface area contributed by atoms with Gasteiger partial charge in [0.05, 0.1) is 33.7 Å². The number of carbonyl (C=O) groups is 1. The van der Waals surface area contributed by atoms with Crippen LogP contribution in [0.3, 0.4) is 0 Å². The lowest BCUT2D eigenvalue weighted by Crippen LogP contribution is -2.39. The van der Waals surface area contributed by atoms with Crippen LogP contribution in [0.25, 0.3) is 0 Å². The number of hydrogen-bond acceptors (Lipinski definition) is 6. The van der Waals surface area contributed by atoms with Crippen LogP contribution in [0.2, 0.25) is 5.02 Å². The number of rotatable bonds is 7. The monoisotopic (exact) mass is 478 g/mol. The van der Waals surface area contributed by atoms with Gasteiger partial charge in [0.25, 0.3) is 11.6 Å². The summed E-state index contributed by atoms with van der Waals surface area (Å²) in [5.74, 6) is -0.961. The number of nitrogens with one attached hydrogen (secondary N) is 1. The molecule has 166 valence electrons. The molecule has 0 aliphatic carbocycles. The minimum atomic E-state index is -4.75. The average molecular weight is 479 g/mol. The van der Waals surface area contributed by atoms with Crippen LogP contribution in [0.5, 0.6) is 0 Å². The molecule has 2 aromatic carbocycles. The van der Waals surface area contributed by atoms with E-state index in [-0.39, 0.29) is 10.7 Å². The second-order valence-electron chi connectivity index (χ2n) is 6.08. The van der Waals surface area contributed by atoms with E-state index in [1.54, 1.807) is 0 Å². The molecule has 2 aromatic rings. The number of benzene rings is 2. The molecule has 0 bridgehead atoms. The van der Waals surface area contributed by atoms with E-state index in [2.05, 4.69) is 5.10 Å². The summed E-state index contributed by atoms with van der Waals surface area (Å²) in [7, 11) is -4.18. The lowest BCUT2D eigenvalue weighted by Gasteiger charge is -2.23. The van der Waals surface area contributed by atoms with Crippen LogP contribution in [-0.2, 0) is 21.0 Å². The Morgan fingerprint density at radius 1 is 1.26 bits per heavy atom. The van der Waals surface area contributed by atoms with Crippen molar-refractivity contribution in [3.8, 4) is 0 Å². The van der Waals surface area contributed by atoms with Gasteiger partial charge in [-0.3, -0.25) is 19.2 Å². The summed E-state index contributed by atoms with van der Waals surface area (Å²) in [6.45, 7) is -0.891. The highest BCUT2D eigenvalue weighted by molar-refractivity contribution is 7.92. The van der Waals surface area contributed by atoms with E-state index in [1.165, 1.54) is 24.3 Å². The number of carbonyl (C=O) groups excluding carboxylic acids is 1. The highest BCUT2D eigenvalue weighted by Crippen LogP contribution is 2.36. The summed E-state index contributed by atoms with van der Waals surface area (Å²) < 4.78 is 63.5. The molecule has 1 N–H and O–H groups in total. The summed E-state index contributed by atoms with van der Waals surface area (Å²) in [6.07, 6.45) is -2.90. The molecule has 0 saturated carbocycles. The quantitative estimate of drug-likeness (QED) is 0.372. The number of halogens is 4. The van der Waals surface area contributed by atoms with Crippen LogP contribution in [0.1, 0.15) is 11.1 Å². The van der Waals surface area contributed by atoms with Gasteiger partial charge in [-0.25, -0.2) is 13.8 Å². The molecule has 1 amide bonds. The van der Waals surface area contributed by atoms with Crippen LogP contribution in [-0.4, -0.2) is 38.3 Å². The van der Waals surface area contributed by atoms with Gasteiger partial charge in [0.2, 0.25) is 10.0 Å².